The number of aryl methyl sites for hydroxylation is 3. The van der Waals surface area contributed by atoms with Crippen LogP contribution < -0.4 is 0 Å². The normalized spacial score (nSPS) is 11.1. The van der Waals surface area contributed by atoms with E-state index in [-0.39, 0.29) is 0 Å². The summed E-state index contributed by atoms with van der Waals surface area (Å²) in [7, 11) is 0. The Kier molecular flexibility index (Phi) is 6.19. The molecule has 3 nitrogen and oxygen atoms in total. The molecule has 3 heterocycles. The fourth-order valence-corrected chi connectivity index (χ4v) is 9.90. The van der Waals surface area contributed by atoms with Crippen molar-refractivity contribution in [1.82, 2.24) is 0 Å². The number of nitriles is 3. The largest absolute Gasteiger partial charge is 0.192 e. The van der Waals surface area contributed by atoms with Crippen LogP contribution in [0.25, 0.3) is 63.6 Å². The van der Waals surface area contributed by atoms with Crippen molar-refractivity contribution in [2.24, 2.45) is 0 Å². The third-order valence-electron chi connectivity index (χ3n) is 7.84. The molecule has 0 saturated carbocycles. The first-order valence-electron chi connectivity index (χ1n) is 13.4. The number of thiophene rings is 3. The maximum atomic E-state index is 9.41. The number of hydrogen-bond donors (Lipinski definition) is 0. The monoisotopic (exact) mass is 591 g/mol. The SMILES string of the molecule is Cc1sc2c(c1-c1ccc(C#N)cc1)c1sc(C)c(-c3ccc(C#N)cc3)c1c1sc(C)c(-c3ccc(C#N)cc3)c21. The van der Waals surface area contributed by atoms with Crippen LogP contribution in [0.3, 0.4) is 0 Å². The Bertz CT molecular complexity index is 2030. The van der Waals surface area contributed by atoms with Gasteiger partial charge in [0.25, 0.3) is 0 Å². The molecule has 198 valence electrons. The molecule has 3 aromatic heterocycles. The first kappa shape index (κ1) is 26.1. The lowest BCUT2D eigenvalue weighted by Crippen LogP contribution is -1.84. The van der Waals surface area contributed by atoms with E-state index in [1.807, 2.05) is 70.4 Å². The second-order valence-corrected chi connectivity index (χ2v) is 14.0. The molecule has 0 fully saturated rings. The molecule has 0 N–H and O–H groups in total. The van der Waals surface area contributed by atoms with Crippen LogP contribution in [-0.4, -0.2) is 0 Å². The second-order valence-electron chi connectivity index (χ2n) is 10.3. The van der Waals surface area contributed by atoms with Crippen LogP contribution in [0.2, 0.25) is 0 Å². The lowest BCUT2D eigenvalue weighted by atomic mass is 9.93. The minimum absolute atomic E-state index is 0.648. The molecule has 0 atom stereocenters. The number of hydrogen-bond acceptors (Lipinski definition) is 6. The summed E-state index contributed by atoms with van der Waals surface area (Å²) in [6.07, 6.45) is 0. The third kappa shape index (κ3) is 3.87. The van der Waals surface area contributed by atoms with Gasteiger partial charge in [0.2, 0.25) is 0 Å². The summed E-state index contributed by atoms with van der Waals surface area (Å²) in [6, 6.07) is 30.5. The summed E-state index contributed by atoms with van der Waals surface area (Å²) >= 11 is 5.50. The van der Waals surface area contributed by atoms with Gasteiger partial charge in [0.05, 0.1) is 34.9 Å². The average molecular weight is 592 g/mol. The van der Waals surface area contributed by atoms with Gasteiger partial charge in [0.1, 0.15) is 0 Å². The zero-order chi connectivity index (χ0) is 29.1. The number of rotatable bonds is 3. The van der Waals surface area contributed by atoms with Crippen molar-refractivity contribution < 1.29 is 0 Å². The highest BCUT2D eigenvalue weighted by molar-refractivity contribution is 7.28. The van der Waals surface area contributed by atoms with E-state index in [2.05, 4.69) is 75.4 Å². The minimum Gasteiger partial charge on any atom is -0.192 e. The first-order chi connectivity index (χ1) is 20.4. The van der Waals surface area contributed by atoms with E-state index in [1.165, 1.54) is 61.6 Å². The highest BCUT2D eigenvalue weighted by Crippen LogP contribution is 2.56. The summed E-state index contributed by atoms with van der Waals surface area (Å²) in [4.78, 5) is 3.72. The summed E-state index contributed by atoms with van der Waals surface area (Å²) < 4.78 is 3.81. The van der Waals surface area contributed by atoms with E-state index in [0.29, 0.717) is 16.7 Å². The molecule has 0 saturated heterocycles. The summed E-state index contributed by atoms with van der Waals surface area (Å²) in [6.45, 7) is 6.58. The Labute approximate surface area is 255 Å². The molecule has 0 unspecified atom stereocenters. The van der Waals surface area contributed by atoms with Crippen LogP contribution in [0.15, 0.2) is 72.8 Å². The van der Waals surface area contributed by atoms with Gasteiger partial charge < -0.3 is 0 Å². The fraction of sp³-hybridized carbons (Fsp3) is 0.0833. The lowest BCUT2D eigenvalue weighted by molar-refractivity contribution is 1.48. The Morgan fingerprint density at radius 3 is 0.857 bits per heavy atom. The summed E-state index contributed by atoms with van der Waals surface area (Å²) in [5.41, 5.74) is 8.92. The van der Waals surface area contributed by atoms with Crippen LogP contribution in [0, 0.1) is 54.8 Å². The van der Waals surface area contributed by atoms with Crippen molar-refractivity contribution >= 4 is 64.3 Å². The molecule has 0 amide bonds. The standard InChI is InChI=1S/C36H21N3S3/c1-19-28(25-10-4-22(16-37)5-11-25)31-34(40-19)32-29(26-12-6-23(17-38)7-13-26)20(2)42-36(32)33-30(21(3)41-35(31)33)27-14-8-24(18-39)9-15-27/h4-15H,1-3H3. The van der Waals surface area contributed by atoms with Crippen LogP contribution in [-0.2, 0) is 0 Å². The molecule has 0 aliphatic carbocycles. The molecule has 42 heavy (non-hydrogen) atoms. The topological polar surface area (TPSA) is 71.4 Å². The highest BCUT2D eigenvalue weighted by Gasteiger charge is 2.27. The Morgan fingerprint density at radius 1 is 0.405 bits per heavy atom. The molecule has 0 bridgehead atoms. The predicted octanol–water partition coefficient (Wildman–Crippen LogP) is 10.9. The van der Waals surface area contributed by atoms with Crippen molar-refractivity contribution in [3.05, 3.63) is 104 Å². The van der Waals surface area contributed by atoms with Gasteiger partial charge in [-0.1, -0.05) is 36.4 Å². The maximum Gasteiger partial charge on any atom is 0.0991 e. The van der Waals surface area contributed by atoms with Crippen LogP contribution >= 0.6 is 34.0 Å². The van der Waals surface area contributed by atoms with E-state index in [9.17, 15) is 15.8 Å². The van der Waals surface area contributed by atoms with Crippen molar-refractivity contribution in [2.45, 2.75) is 20.8 Å². The van der Waals surface area contributed by atoms with Gasteiger partial charge >= 0.3 is 0 Å². The molecule has 0 aliphatic heterocycles. The van der Waals surface area contributed by atoms with Crippen LogP contribution in [0.1, 0.15) is 31.3 Å². The number of fused-ring (bicyclic) bond motifs is 6. The van der Waals surface area contributed by atoms with Gasteiger partial charge in [0, 0.05) is 61.6 Å². The molecule has 0 aliphatic rings. The fourth-order valence-electron chi connectivity index (χ4n) is 5.99. The van der Waals surface area contributed by atoms with Gasteiger partial charge in [0.15, 0.2) is 0 Å². The lowest BCUT2D eigenvalue weighted by Gasteiger charge is -2.08. The Balaban J connectivity index is 1.67. The molecule has 4 aromatic carbocycles. The molecular formula is C36H21N3S3. The van der Waals surface area contributed by atoms with Crippen molar-refractivity contribution in [3.8, 4) is 51.6 Å². The van der Waals surface area contributed by atoms with Gasteiger partial charge in [-0.15, -0.1) is 34.0 Å². The predicted molar refractivity (Wildman–Crippen MR) is 177 cm³/mol. The average Bonchev–Trinajstić information content (AvgIpc) is 3.67. The second kappa shape index (κ2) is 9.95. The molecule has 6 heteroatoms. The maximum absolute atomic E-state index is 9.41. The molecule has 0 radical (unpaired) electrons. The van der Waals surface area contributed by atoms with Gasteiger partial charge in [-0.2, -0.15) is 15.8 Å². The summed E-state index contributed by atoms with van der Waals surface area (Å²) in [5.74, 6) is 0. The zero-order valence-corrected chi connectivity index (χ0v) is 25.4. The minimum atomic E-state index is 0.648. The molecule has 0 spiro atoms. The van der Waals surface area contributed by atoms with Crippen LogP contribution in [0.4, 0.5) is 0 Å². The Morgan fingerprint density at radius 2 is 0.643 bits per heavy atom. The molecule has 7 rings (SSSR count). The van der Waals surface area contributed by atoms with E-state index >= 15 is 0 Å². The van der Waals surface area contributed by atoms with Crippen molar-refractivity contribution in [1.29, 1.82) is 15.8 Å². The highest BCUT2D eigenvalue weighted by atomic mass is 32.1. The molecule has 7 aromatic rings. The zero-order valence-electron chi connectivity index (χ0n) is 23.0. The van der Waals surface area contributed by atoms with E-state index < -0.39 is 0 Å². The summed E-state index contributed by atoms with van der Waals surface area (Å²) in [5, 5.41) is 32.0. The smallest absolute Gasteiger partial charge is 0.0991 e. The quantitative estimate of drug-likeness (QED) is 0.205. The van der Waals surface area contributed by atoms with Gasteiger partial charge in [-0.25, -0.2) is 0 Å². The van der Waals surface area contributed by atoms with Gasteiger partial charge in [-0.3, -0.25) is 0 Å². The van der Waals surface area contributed by atoms with E-state index in [4.69, 9.17) is 0 Å². The molecular weight excluding hydrogens is 571 g/mol. The van der Waals surface area contributed by atoms with Crippen molar-refractivity contribution in [3.63, 3.8) is 0 Å². The van der Waals surface area contributed by atoms with E-state index in [1.54, 1.807) is 0 Å². The Hall–Kier alpha value is -4.77. The van der Waals surface area contributed by atoms with Gasteiger partial charge in [-0.05, 0) is 73.9 Å². The van der Waals surface area contributed by atoms with Crippen molar-refractivity contribution in [2.75, 3.05) is 0 Å². The van der Waals surface area contributed by atoms with Crippen LogP contribution in [0.5, 0.6) is 0 Å². The first-order valence-corrected chi connectivity index (χ1v) is 15.8. The number of nitrogens with zero attached hydrogens (tertiary/aromatic N) is 3. The number of benzene rings is 4. The third-order valence-corrected chi connectivity index (χ3v) is 11.2. The van der Waals surface area contributed by atoms with E-state index in [0.717, 1.165) is 16.7 Å².